The number of carbonyl (C=O) groups is 1. The third kappa shape index (κ3) is 4.65. The molecular formula is C26H22Cl2N6O2. The number of allylic oxidation sites excluding steroid dienone is 1. The SMILES string of the molecule is CCOc1ccc(-c2nc3n(n2)C(c2ccc(Cl)cc2Cl)C(C(=O)Nc2cccnc2)=C(C)N3)cc1. The second kappa shape index (κ2) is 10.0. The number of hydrogen-bond donors (Lipinski definition) is 2. The number of nitrogens with zero attached hydrogens (tertiary/aromatic N) is 4. The molecule has 5 rings (SSSR count). The first-order valence-corrected chi connectivity index (χ1v) is 12.0. The zero-order valence-corrected chi connectivity index (χ0v) is 21.0. The minimum atomic E-state index is -0.647. The third-order valence-corrected chi connectivity index (χ3v) is 6.26. The van der Waals surface area contributed by atoms with E-state index in [1.807, 2.05) is 38.1 Å². The maximum absolute atomic E-state index is 13.5. The number of pyridine rings is 1. The van der Waals surface area contributed by atoms with Crippen LogP contribution in [0.3, 0.4) is 0 Å². The molecular weight excluding hydrogens is 499 g/mol. The van der Waals surface area contributed by atoms with Crippen molar-refractivity contribution in [2.45, 2.75) is 19.9 Å². The summed E-state index contributed by atoms with van der Waals surface area (Å²) in [5.41, 5.74) is 3.12. The van der Waals surface area contributed by atoms with E-state index in [0.717, 1.165) is 11.3 Å². The molecule has 1 aliphatic rings. The van der Waals surface area contributed by atoms with Crippen molar-refractivity contribution in [3.8, 4) is 17.1 Å². The van der Waals surface area contributed by atoms with Gasteiger partial charge in [0.05, 0.1) is 24.1 Å². The summed E-state index contributed by atoms with van der Waals surface area (Å²) in [5.74, 6) is 1.44. The van der Waals surface area contributed by atoms with Crippen molar-refractivity contribution in [1.82, 2.24) is 19.7 Å². The molecule has 1 unspecified atom stereocenters. The Hall–Kier alpha value is -3.88. The summed E-state index contributed by atoms with van der Waals surface area (Å²) >= 11 is 12.8. The molecule has 10 heteroatoms. The van der Waals surface area contributed by atoms with Crippen LogP contribution in [0.15, 0.2) is 78.3 Å². The zero-order chi connectivity index (χ0) is 25.2. The van der Waals surface area contributed by atoms with Crippen molar-refractivity contribution in [3.63, 3.8) is 0 Å². The van der Waals surface area contributed by atoms with Crippen LogP contribution in [-0.4, -0.2) is 32.3 Å². The highest BCUT2D eigenvalue weighted by atomic mass is 35.5. The number of rotatable bonds is 6. The fraction of sp³-hybridized carbons (Fsp3) is 0.154. The molecule has 0 spiro atoms. The molecule has 0 saturated heterocycles. The Bertz CT molecular complexity index is 1450. The van der Waals surface area contributed by atoms with Gasteiger partial charge in [-0.25, -0.2) is 4.68 Å². The van der Waals surface area contributed by atoms with Gasteiger partial charge < -0.3 is 15.4 Å². The van der Waals surface area contributed by atoms with E-state index in [0.29, 0.717) is 50.9 Å². The van der Waals surface area contributed by atoms with Crippen LogP contribution in [-0.2, 0) is 4.79 Å². The molecule has 36 heavy (non-hydrogen) atoms. The quantitative estimate of drug-likeness (QED) is 0.325. The predicted octanol–water partition coefficient (Wildman–Crippen LogP) is 5.97. The van der Waals surface area contributed by atoms with Crippen LogP contribution >= 0.6 is 23.2 Å². The number of anilines is 2. The van der Waals surface area contributed by atoms with E-state index in [9.17, 15) is 4.79 Å². The molecule has 3 heterocycles. The van der Waals surface area contributed by atoms with E-state index in [-0.39, 0.29) is 5.91 Å². The number of aromatic nitrogens is 4. The number of fused-ring (bicyclic) bond motifs is 1. The molecule has 1 atom stereocenters. The maximum atomic E-state index is 13.5. The van der Waals surface area contributed by atoms with Gasteiger partial charge in [-0.15, -0.1) is 5.10 Å². The lowest BCUT2D eigenvalue weighted by Crippen LogP contribution is -2.31. The normalized spacial score (nSPS) is 14.7. The van der Waals surface area contributed by atoms with Gasteiger partial charge in [0.1, 0.15) is 11.8 Å². The molecule has 2 aromatic carbocycles. The van der Waals surface area contributed by atoms with Crippen LogP contribution in [0.25, 0.3) is 11.4 Å². The Morgan fingerprint density at radius 3 is 2.67 bits per heavy atom. The molecule has 0 fully saturated rings. The van der Waals surface area contributed by atoms with Crippen molar-refractivity contribution in [1.29, 1.82) is 0 Å². The lowest BCUT2D eigenvalue weighted by molar-refractivity contribution is -0.113. The van der Waals surface area contributed by atoms with Gasteiger partial charge in [-0.1, -0.05) is 29.3 Å². The van der Waals surface area contributed by atoms with Gasteiger partial charge in [0.25, 0.3) is 5.91 Å². The highest BCUT2D eigenvalue weighted by molar-refractivity contribution is 6.35. The highest BCUT2D eigenvalue weighted by Gasteiger charge is 2.35. The Balaban J connectivity index is 1.59. The van der Waals surface area contributed by atoms with E-state index >= 15 is 0 Å². The Labute approximate surface area is 217 Å². The maximum Gasteiger partial charge on any atom is 0.255 e. The predicted molar refractivity (Wildman–Crippen MR) is 140 cm³/mol. The van der Waals surface area contributed by atoms with Crippen LogP contribution in [0, 0.1) is 0 Å². The van der Waals surface area contributed by atoms with E-state index in [2.05, 4.69) is 15.6 Å². The van der Waals surface area contributed by atoms with Crippen molar-refractivity contribution >= 4 is 40.7 Å². The van der Waals surface area contributed by atoms with E-state index in [4.69, 9.17) is 38.0 Å². The Morgan fingerprint density at radius 2 is 1.97 bits per heavy atom. The fourth-order valence-electron chi connectivity index (χ4n) is 4.08. The first kappa shape index (κ1) is 23.8. The molecule has 1 aliphatic heterocycles. The average molecular weight is 521 g/mol. The van der Waals surface area contributed by atoms with Gasteiger partial charge in [-0.05, 0) is 62.4 Å². The lowest BCUT2D eigenvalue weighted by Gasteiger charge is -2.29. The van der Waals surface area contributed by atoms with E-state index in [1.165, 1.54) is 0 Å². The Morgan fingerprint density at radius 1 is 1.17 bits per heavy atom. The van der Waals surface area contributed by atoms with Crippen molar-refractivity contribution in [2.75, 3.05) is 17.2 Å². The summed E-state index contributed by atoms with van der Waals surface area (Å²) < 4.78 is 7.21. The molecule has 182 valence electrons. The summed E-state index contributed by atoms with van der Waals surface area (Å²) in [5, 5.41) is 11.8. The van der Waals surface area contributed by atoms with Crippen LogP contribution in [0.5, 0.6) is 5.75 Å². The van der Waals surface area contributed by atoms with E-state index in [1.54, 1.807) is 47.4 Å². The highest BCUT2D eigenvalue weighted by Crippen LogP contribution is 2.40. The smallest absolute Gasteiger partial charge is 0.255 e. The standard InChI is InChI=1S/C26H22Cl2N6O2/c1-3-36-19-9-6-16(7-10-19)24-32-26-30-15(2)22(25(35)31-18-5-4-12-29-14-18)23(34(26)33-24)20-11-8-17(27)13-21(20)28/h4-14,23H,3H2,1-2H3,(H,31,35)(H,30,32,33). The average Bonchev–Trinajstić information content (AvgIpc) is 3.28. The monoisotopic (exact) mass is 520 g/mol. The largest absolute Gasteiger partial charge is 0.494 e. The van der Waals surface area contributed by atoms with Crippen molar-refractivity contribution < 1.29 is 9.53 Å². The number of ether oxygens (including phenoxy) is 1. The molecule has 2 aromatic heterocycles. The second-order valence-corrected chi connectivity index (χ2v) is 8.93. The van der Waals surface area contributed by atoms with E-state index < -0.39 is 6.04 Å². The molecule has 1 amide bonds. The minimum Gasteiger partial charge on any atom is -0.494 e. The minimum absolute atomic E-state index is 0.312. The van der Waals surface area contributed by atoms with Gasteiger partial charge in [-0.2, -0.15) is 4.98 Å². The number of benzene rings is 2. The zero-order valence-electron chi connectivity index (χ0n) is 19.5. The van der Waals surface area contributed by atoms with Crippen molar-refractivity contribution in [3.05, 3.63) is 93.9 Å². The van der Waals surface area contributed by atoms with Crippen molar-refractivity contribution in [2.24, 2.45) is 0 Å². The summed E-state index contributed by atoms with van der Waals surface area (Å²) in [6, 6.07) is 15.6. The van der Waals surface area contributed by atoms with Gasteiger partial charge in [0.2, 0.25) is 5.95 Å². The number of carbonyl (C=O) groups excluding carboxylic acids is 1. The fourth-order valence-corrected chi connectivity index (χ4v) is 4.59. The summed E-state index contributed by atoms with van der Waals surface area (Å²) in [6.45, 7) is 4.34. The van der Waals surface area contributed by atoms with Gasteiger partial charge >= 0.3 is 0 Å². The molecule has 8 nitrogen and oxygen atoms in total. The third-order valence-electron chi connectivity index (χ3n) is 5.70. The van der Waals surface area contributed by atoms with Crippen LogP contribution in [0.4, 0.5) is 11.6 Å². The van der Waals surface area contributed by atoms with Gasteiger partial charge in [-0.3, -0.25) is 9.78 Å². The summed E-state index contributed by atoms with van der Waals surface area (Å²) in [4.78, 5) is 22.3. The molecule has 4 aromatic rings. The first-order chi connectivity index (χ1) is 17.4. The molecule has 0 aliphatic carbocycles. The molecule has 2 N–H and O–H groups in total. The van der Waals surface area contributed by atoms with Gasteiger partial charge in [0.15, 0.2) is 5.82 Å². The molecule has 0 bridgehead atoms. The second-order valence-electron chi connectivity index (χ2n) is 8.09. The number of nitrogens with one attached hydrogen (secondary N) is 2. The number of amides is 1. The topological polar surface area (TPSA) is 94.0 Å². The van der Waals surface area contributed by atoms with Crippen LogP contribution < -0.4 is 15.4 Å². The first-order valence-electron chi connectivity index (χ1n) is 11.3. The lowest BCUT2D eigenvalue weighted by atomic mass is 9.95. The van der Waals surface area contributed by atoms with Gasteiger partial charge in [0, 0.05) is 33.1 Å². The number of halogens is 2. The molecule has 0 saturated carbocycles. The summed E-state index contributed by atoms with van der Waals surface area (Å²) in [7, 11) is 0. The van der Waals surface area contributed by atoms with Crippen LogP contribution in [0.1, 0.15) is 25.5 Å². The van der Waals surface area contributed by atoms with Crippen LogP contribution in [0.2, 0.25) is 10.0 Å². The summed E-state index contributed by atoms with van der Waals surface area (Å²) in [6.07, 6.45) is 3.22. The Kier molecular flexibility index (Phi) is 6.63. The number of hydrogen-bond acceptors (Lipinski definition) is 6. The molecule has 0 radical (unpaired) electrons.